The van der Waals surface area contributed by atoms with Crippen LogP contribution in [0.15, 0.2) is 23.2 Å². The Balaban J connectivity index is 3.09. The minimum atomic E-state index is -0.582. The molecule has 0 saturated heterocycles. The highest BCUT2D eigenvalue weighted by atomic mass is 16.6. The summed E-state index contributed by atoms with van der Waals surface area (Å²) in [7, 11) is 1.43. The number of hydrogen-bond donors (Lipinski definition) is 0. The second kappa shape index (κ2) is 5.47. The number of isocyanates is 1. The van der Waals surface area contributed by atoms with E-state index in [9.17, 15) is 9.59 Å². The molecular weight excluding hydrogens is 234 g/mol. The molecule has 1 rings (SSSR count). The van der Waals surface area contributed by atoms with Crippen LogP contribution in [-0.4, -0.2) is 24.8 Å². The number of esters is 1. The van der Waals surface area contributed by atoms with E-state index in [2.05, 4.69) is 4.99 Å². The smallest absolute Gasteiger partial charge is 0.342 e. The van der Waals surface area contributed by atoms with Gasteiger partial charge in [-0.25, -0.2) is 9.59 Å². The molecule has 1 aromatic rings. The molecule has 0 amide bonds. The van der Waals surface area contributed by atoms with Gasteiger partial charge in [-0.05, 0) is 32.9 Å². The van der Waals surface area contributed by atoms with Crippen LogP contribution in [0.2, 0.25) is 0 Å². The van der Waals surface area contributed by atoms with E-state index in [1.54, 1.807) is 20.8 Å². The van der Waals surface area contributed by atoms with Gasteiger partial charge in [0.25, 0.3) is 0 Å². The molecule has 0 saturated carbocycles. The minimum absolute atomic E-state index is 0.289. The van der Waals surface area contributed by atoms with Crippen molar-refractivity contribution in [3.63, 3.8) is 0 Å². The Morgan fingerprint density at radius 1 is 1.33 bits per heavy atom. The normalized spacial score (nSPS) is 10.4. The van der Waals surface area contributed by atoms with E-state index in [1.807, 2.05) is 0 Å². The maximum atomic E-state index is 11.9. The topological polar surface area (TPSA) is 65.0 Å². The lowest BCUT2D eigenvalue weighted by Gasteiger charge is -2.20. The molecule has 5 nitrogen and oxygen atoms in total. The van der Waals surface area contributed by atoms with E-state index in [0.717, 1.165) is 0 Å². The second-order valence-corrected chi connectivity index (χ2v) is 4.59. The molecule has 96 valence electrons. The first-order valence-corrected chi connectivity index (χ1v) is 5.36. The van der Waals surface area contributed by atoms with Crippen molar-refractivity contribution in [3.05, 3.63) is 23.8 Å². The van der Waals surface area contributed by atoms with Crippen LogP contribution in [0.1, 0.15) is 31.1 Å². The molecule has 0 heterocycles. The third-order valence-corrected chi connectivity index (χ3v) is 1.98. The van der Waals surface area contributed by atoms with E-state index in [1.165, 1.54) is 31.4 Å². The number of ether oxygens (including phenoxy) is 2. The lowest BCUT2D eigenvalue weighted by molar-refractivity contribution is 0.00666. The summed E-state index contributed by atoms with van der Waals surface area (Å²) in [6.45, 7) is 5.34. The molecule has 0 aliphatic rings. The van der Waals surface area contributed by atoms with Crippen LogP contribution >= 0.6 is 0 Å². The molecule has 1 aromatic carbocycles. The van der Waals surface area contributed by atoms with Gasteiger partial charge in [-0.1, -0.05) is 0 Å². The summed E-state index contributed by atoms with van der Waals surface area (Å²) in [5.41, 5.74) is 0.0771. The van der Waals surface area contributed by atoms with Gasteiger partial charge in [-0.15, -0.1) is 0 Å². The molecule has 0 aliphatic carbocycles. The zero-order chi connectivity index (χ0) is 13.8. The molecule has 0 radical (unpaired) electrons. The molecular formula is C13H15NO4. The number of carbonyl (C=O) groups excluding carboxylic acids is 2. The molecule has 18 heavy (non-hydrogen) atoms. The van der Waals surface area contributed by atoms with Crippen LogP contribution in [0.3, 0.4) is 0 Å². The van der Waals surface area contributed by atoms with Gasteiger partial charge in [-0.3, -0.25) is 0 Å². The number of nitrogens with zero attached hydrogens (tertiary/aromatic N) is 1. The second-order valence-electron chi connectivity index (χ2n) is 4.59. The summed E-state index contributed by atoms with van der Waals surface area (Å²) in [4.78, 5) is 25.5. The summed E-state index contributed by atoms with van der Waals surface area (Å²) in [6.07, 6.45) is 1.43. The van der Waals surface area contributed by atoms with Gasteiger partial charge in [0.2, 0.25) is 6.08 Å². The van der Waals surface area contributed by atoms with Gasteiger partial charge < -0.3 is 9.47 Å². The lowest BCUT2D eigenvalue weighted by atomic mass is 10.1. The monoisotopic (exact) mass is 249 g/mol. The van der Waals surface area contributed by atoms with E-state index < -0.39 is 11.6 Å². The number of carbonyl (C=O) groups is 1. The SMILES string of the molecule is COc1cc(N=C=O)ccc1C(=O)OC(C)(C)C. The molecule has 5 heteroatoms. The van der Waals surface area contributed by atoms with Gasteiger partial charge >= 0.3 is 5.97 Å². The highest BCUT2D eigenvalue weighted by Gasteiger charge is 2.21. The number of benzene rings is 1. The Kier molecular flexibility index (Phi) is 4.23. The van der Waals surface area contributed by atoms with Crippen molar-refractivity contribution in [2.75, 3.05) is 7.11 Å². The predicted molar refractivity (Wildman–Crippen MR) is 65.9 cm³/mol. The van der Waals surface area contributed by atoms with Crippen molar-refractivity contribution in [2.45, 2.75) is 26.4 Å². The standard InChI is InChI=1S/C13H15NO4/c1-13(2,3)18-12(16)10-6-5-9(14-8-15)7-11(10)17-4/h5-7H,1-4H3. The maximum absolute atomic E-state index is 11.9. The van der Waals surface area contributed by atoms with Crippen molar-refractivity contribution < 1.29 is 19.1 Å². The largest absolute Gasteiger partial charge is 0.496 e. The molecule has 0 N–H and O–H groups in total. The molecule has 0 aliphatic heterocycles. The van der Waals surface area contributed by atoms with Crippen molar-refractivity contribution in [3.8, 4) is 5.75 Å². The van der Waals surface area contributed by atoms with Crippen LogP contribution in [0.25, 0.3) is 0 Å². The van der Waals surface area contributed by atoms with Crippen molar-refractivity contribution in [1.82, 2.24) is 0 Å². The number of methoxy groups -OCH3 is 1. The third kappa shape index (κ3) is 3.71. The van der Waals surface area contributed by atoms with Gasteiger partial charge in [0, 0.05) is 6.07 Å². The van der Waals surface area contributed by atoms with Crippen LogP contribution in [0.4, 0.5) is 5.69 Å². The average Bonchev–Trinajstić information content (AvgIpc) is 2.27. The number of hydrogen-bond acceptors (Lipinski definition) is 5. The Morgan fingerprint density at radius 2 is 2.00 bits per heavy atom. The van der Waals surface area contributed by atoms with Crippen LogP contribution in [-0.2, 0) is 9.53 Å². The molecule has 0 unspecified atom stereocenters. The van der Waals surface area contributed by atoms with E-state index in [0.29, 0.717) is 11.4 Å². The van der Waals surface area contributed by atoms with Crippen LogP contribution in [0.5, 0.6) is 5.75 Å². The van der Waals surface area contributed by atoms with Crippen LogP contribution in [0, 0.1) is 0 Å². The molecule has 0 fully saturated rings. The number of rotatable bonds is 3. The fourth-order valence-corrected chi connectivity index (χ4v) is 1.30. The fourth-order valence-electron chi connectivity index (χ4n) is 1.30. The molecule has 0 bridgehead atoms. The quantitative estimate of drug-likeness (QED) is 0.469. The van der Waals surface area contributed by atoms with Crippen molar-refractivity contribution >= 4 is 17.7 Å². The summed E-state index contributed by atoms with van der Waals surface area (Å²) < 4.78 is 10.3. The highest BCUT2D eigenvalue weighted by molar-refractivity contribution is 5.93. The third-order valence-electron chi connectivity index (χ3n) is 1.98. The van der Waals surface area contributed by atoms with Crippen LogP contribution < -0.4 is 4.74 Å². The van der Waals surface area contributed by atoms with Gasteiger partial charge in [0.05, 0.1) is 12.8 Å². The summed E-state index contributed by atoms with van der Waals surface area (Å²) in [5, 5.41) is 0. The highest BCUT2D eigenvalue weighted by Crippen LogP contribution is 2.26. The summed E-state index contributed by atoms with van der Waals surface area (Å²) in [6, 6.07) is 4.50. The summed E-state index contributed by atoms with van der Waals surface area (Å²) >= 11 is 0. The summed E-state index contributed by atoms with van der Waals surface area (Å²) in [5.74, 6) is -0.179. The van der Waals surface area contributed by atoms with E-state index >= 15 is 0 Å². The Bertz CT molecular complexity index is 496. The first kappa shape index (κ1) is 13.9. The first-order chi connectivity index (χ1) is 8.37. The average molecular weight is 249 g/mol. The first-order valence-electron chi connectivity index (χ1n) is 5.36. The van der Waals surface area contributed by atoms with Crippen molar-refractivity contribution in [2.24, 2.45) is 4.99 Å². The lowest BCUT2D eigenvalue weighted by Crippen LogP contribution is -2.24. The van der Waals surface area contributed by atoms with E-state index in [-0.39, 0.29) is 5.56 Å². The zero-order valence-electron chi connectivity index (χ0n) is 10.8. The van der Waals surface area contributed by atoms with Gasteiger partial charge in [0.15, 0.2) is 0 Å². The Hall–Kier alpha value is -2.13. The number of aliphatic imine (C=N–C) groups is 1. The molecule has 0 spiro atoms. The maximum Gasteiger partial charge on any atom is 0.342 e. The van der Waals surface area contributed by atoms with Gasteiger partial charge in [0.1, 0.15) is 16.9 Å². The van der Waals surface area contributed by atoms with Crippen molar-refractivity contribution in [1.29, 1.82) is 0 Å². The Labute approximate surface area is 105 Å². The van der Waals surface area contributed by atoms with Gasteiger partial charge in [-0.2, -0.15) is 4.99 Å². The zero-order valence-corrected chi connectivity index (χ0v) is 10.8. The molecule has 0 atom stereocenters. The minimum Gasteiger partial charge on any atom is -0.496 e. The molecule has 0 aromatic heterocycles. The fraction of sp³-hybridized carbons (Fsp3) is 0.385. The Morgan fingerprint density at radius 3 is 2.50 bits per heavy atom. The predicted octanol–water partition coefficient (Wildman–Crippen LogP) is 2.62. The van der Waals surface area contributed by atoms with E-state index in [4.69, 9.17) is 9.47 Å².